The first-order chi connectivity index (χ1) is 10.0. The molecule has 0 N–H and O–H groups in total. The Balaban J connectivity index is 2.27. The third-order valence-corrected chi connectivity index (χ3v) is 4.44. The normalized spacial score (nSPS) is 12.4. The molecule has 0 aliphatic heterocycles. The van der Waals surface area contributed by atoms with Gasteiger partial charge in [-0.15, -0.1) is 0 Å². The highest BCUT2D eigenvalue weighted by molar-refractivity contribution is 9.10. The number of nitrogens with zero attached hydrogens (tertiary/aromatic N) is 1. The van der Waals surface area contributed by atoms with Gasteiger partial charge in [-0.2, -0.15) is 0 Å². The van der Waals surface area contributed by atoms with Crippen molar-refractivity contribution >= 4 is 32.6 Å². The van der Waals surface area contributed by atoms with Gasteiger partial charge in [0.1, 0.15) is 0 Å². The Kier molecular flexibility index (Phi) is 5.40. The van der Waals surface area contributed by atoms with Crippen molar-refractivity contribution in [3.63, 3.8) is 0 Å². The van der Waals surface area contributed by atoms with Crippen molar-refractivity contribution in [3.8, 4) is 0 Å². The fraction of sp³-hybridized carbons (Fsp3) is 0.389. The number of fused-ring (bicyclic) bond motifs is 1. The summed E-state index contributed by atoms with van der Waals surface area (Å²) in [5.74, 6) is 0.660. The Bertz CT molecular complexity index is 638. The first-order valence-corrected chi connectivity index (χ1v) is 8.33. The molecular formula is C18H22BrNO. The molecule has 0 heterocycles. The number of benzene rings is 2. The largest absolute Gasteiger partial charge is 0.339 e. The maximum absolute atomic E-state index is 12.7. The number of halogens is 1. The molecule has 0 bridgehead atoms. The summed E-state index contributed by atoms with van der Waals surface area (Å²) in [6, 6.07) is 12.1. The van der Waals surface area contributed by atoms with E-state index in [2.05, 4.69) is 35.8 Å². The number of rotatable bonds is 5. The van der Waals surface area contributed by atoms with Gasteiger partial charge in [0.05, 0.1) is 0 Å². The number of carbonyl (C=O) groups excluding carboxylic acids is 1. The minimum absolute atomic E-state index is 0.127. The Morgan fingerprint density at radius 3 is 2.48 bits per heavy atom. The molecule has 0 aromatic heterocycles. The molecule has 1 amide bonds. The Morgan fingerprint density at radius 2 is 1.81 bits per heavy atom. The molecule has 1 unspecified atom stereocenters. The van der Waals surface area contributed by atoms with Crippen molar-refractivity contribution in [1.29, 1.82) is 0 Å². The minimum Gasteiger partial charge on any atom is -0.339 e. The summed E-state index contributed by atoms with van der Waals surface area (Å²) in [4.78, 5) is 14.6. The first-order valence-electron chi connectivity index (χ1n) is 7.53. The highest BCUT2D eigenvalue weighted by Crippen LogP contribution is 2.22. The highest BCUT2D eigenvalue weighted by atomic mass is 79.9. The molecule has 0 saturated carbocycles. The van der Waals surface area contributed by atoms with Gasteiger partial charge >= 0.3 is 0 Å². The van der Waals surface area contributed by atoms with Gasteiger partial charge in [0.25, 0.3) is 5.91 Å². The van der Waals surface area contributed by atoms with E-state index in [1.54, 1.807) is 0 Å². The second-order valence-corrected chi connectivity index (χ2v) is 6.48. The molecule has 0 saturated heterocycles. The number of hydrogen-bond acceptors (Lipinski definition) is 1. The van der Waals surface area contributed by atoms with Gasteiger partial charge < -0.3 is 4.90 Å². The van der Waals surface area contributed by atoms with Crippen LogP contribution < -0.4 is 0 Å². The average molecular weight is 348 g/mol. The van der Waals surface area contributed by atoms with E-state index in [0.717, 1.165) is 40.3 Å². The smallest absolute Gasteiger partial charge is 0.253 e. The van der Waals surface area contributed by atoms with Crippen LogP contribution in [-0.2, 0) is 0 Å². The average Bonchev–Trinajstić information content (AvgIpc) is 2.51. The molecule has 3 heteroatoms. The Hall–Kier alpha value is -1.35. The lowest BCUT2D eigenvalue weighted by molar-refractivity contribution is 0.0741. The van der Waals surface area contributed by atoms with Crippen LogP contribution in [0.1, 0.15) is 37.6 Å². The SMILES string of the molecule is CCC(C)CN(CC)C(=O)c1ccc2cc(Br)ccc2c1. The summed E-state index contributed by atoms with van der Waals surface area (Å²) < 4.78 is 1.06. The second kappa shape index (κ2) is 7.08. The quantitative estimate of drug-likeness (QED) is 0.735. The predicted molar refractivity (Wildman–Crippen MR) is 92.7 cm³/mol. The molecule has 0 aliphatic carbocycles. The molecule has 2 aromatic carbocycles. The predicted octanol–water partition coefficient (Wildman–Crippen LogP) is 5.11. The van der Waals surface area contributed by atoms with Crippen LogP contribution >= 0.6 is 15.9 Å². The van der Waals surface area contributed by atoms with E-state index in [0.29, 0.717) is 5.92 Å². The van der Waals surface area contributed by atoms with Gasteiger partial charge in [-0.25, -0.2) is 0 Å². The van der Waals surface area contributed by atoms with Crippen LogP contribution in [0.25, 0.3) is 10.8 Å². The van der Waals surface area contributed by atoms with Gasteiger partial charge in [0, 0.05) is 23.1 Å². The summed E-state index contributed by atoms with van der Waals surface area (Å²) in [5, 5.41) is 2.24. The topological polar surface area (TPSA) is 20.3 Å². The van der Waals surface area contributed by atoms with Crippen LogP contribution in [0.3, 0.4) is 0 Å². The van der Waals surface area contributed by atoms with Crippen LogP contribution in [0, 0.1) is 5.92 Å². The van der Waals surface area contributed by atoms with Crippen LogP contribution in [0.5, 0.6) is 0 Å². The van der Waals surface area contributed by atoms with E-state index < -0.39 is 0 Å². The van der Waals surface area contributed by atoms with Gasteiger partial charge in [0.2, 0.25) is 0 Å². The molecule has 2 nitrogen and oxygen atoms in total. The molecular weight excluding hydrogens is 326 g/mol. The van der Waals surface area contributed by atoms with E-state index >= 15 is 0 Å². The van der Waals surface area contributed by atoms with E-state index in [1.807, 2.05) is 42.2 Å². The fourth-order valence-corrected chi connectivity index (χ4v) is 2.77. The zero-order valence-corrected chi connectivity index (χ0v) is 14.5. The molecule has 21 heavy (non-hydrogen) atoms. The van der Waals surface area contributed by atoms with Crippen molar-refractivity contribution in [2.24, 2.45) is 5.92 Å². The lowest BCUT2D eigenvalue weighted by Crippen LogP contribution is -2.34. The molecule has 112 valence electrons. The Labute approximate surface area is 135 Å². The maximum atomic E-state index is 12.7. The van der Waals surface area contributed by atoms with Gasteiger partial charge in [-0.1, -0.05) is 48.3 Å². The van der Waals surface area contributed by atoms with E-state index in [-0.39, 0.29) is 5.91 Å². The van der Waals surface area contributed by atoms with Crippen molar-refractivity contribution in [2.45, 2.75) is 27.2 Å². The second-order valence-electron chi connectivity index (χ2n) is 5.56. The lowest BCUT2D eigenvalue weighted by Gasteiger charge is -2.24. The molecule has 0 aliphatic rings. The first kappa shape index (κ1) is 16.0. The molecule has 0 spiro atoms. The summed E-state index contributed by atoms with van der Waals surface area (Å²) in [6.45, 7) is 7.97. The van der Waals surface area contributed by atoms with Crippen LogP contribution in [0.2, 0.25) is 0 Å². The standard InChI is InChI=1S/C18H22BrNO/c1-4-13(3)12-20(5-2)18(21)16-7-6-15-11-17(19)9-8-14(15)10-16/h6-11,13H,4-5,12H2,1-3H3. The molecule has 2 aromatic rings. The minimum atomic E-state index is 0.127. The molecule has 2 rings (SSSR count). The monoisotopic (exact) mass is 347 g/mol. The van der Waals surface area contributed by atoms with Gasteiger partial charge in [-0.05, 0) is 47.9 Å². The third-order valence-electron chi connectivity index (χ3n) is 3.95. The number of amides is 1. The van der Waals surface area contributed by atoms with E-state index in [9.17, 15) is 4.79 Å². The van der Waals surface area contributed by atoms with Crippen molar-refractivity contribution in [1.82, 2.24) is 4.90 Å². The lowest BCUT2D eigenvalue weighted by atomic mass is 10.0. The van der Waals surface area contributed by atoms with Crippen LogP contribution in [0.4, 0.5) is 0 Å². The molecule has 0 fully saturated rings. The summed E-state index contributed by atoms with van der Waals surface area (Å²) >= 11 is 3.47. The number of hydrogen-bond donors (Lipinski definition) is 0. The van der Waals surface area contributed by atoms with Gasteiger partial charge in [0.15, 0.2) is 0 Å². The summed E-state index contributed by atoms with van der Waals surface area (Å²) in [7, 11) is 0. The summed E-state index contributed by atoms with van der Waals surface area (Å²) in [5.41, 5.74) is 0.773. The van der Waals surface area contributed by atoms with Crippen molar-refractivity contribution < 1.29 is 4.79 Å². The number of carbonyl (C=O) groups is 1. The van der Waals surface area contributed by atoms with E-state index in [1.165, 1.54) is 0 Å². The van der Waals surface area contributed by atoms with Crippen molar-refractivity contribution in [3.05, 3.63) is 46.4 Å². The van der Waals surface area contributed by atoms with Crippen molar-refractivity contribution in [2.75, 3.05) is 13.1 Å². The zero-order chi connectivity index (χ0) is 15.4. The fourth-order valence-electron chi connectivity index (χ4n) is 2.39. The highest BCUT2D eigenvalue weighted by Gasteiger charge is 2.16. The van der Waals surface area contributed by atoms with Crippen LogP contribution in [0.15, 0.2) is 40.9 Å². The maximum Gasteiger partial charge on any atom is 0.253 e. The summed E-state index contributed by atoms with van der Waals surface area (Å²) in [6.07, 6.45) is 1.09. The third kappa shape index (κ3) is 3.85. The molecule has 1 atom stereocenters. The zero-order valence-electron chi connectivity index (χ0n) is 12.9. The van der Waals surface area contributed by atoms with Gasteiger partial charge in [-0.3, -0.25) is 4.79 Å². The molecule has 0 radical (unpaired) electrons. The van der Waals surface area contributed by atoms with Crippen LogP contribution in [-0.4, -0.2) is 23.9 Å². The van der Waals surface area contributed by atoms with E-state index in [4.69, 9.17) is 0 Å². The Morgan fingerprint density at radius 1 is 1.14 bits per heavy atom.